The van der Waals surface area contributed by atoms with E-state index >= 15 is 0 Å². The molecule has 2 aromatic heterocycles. The van der Waals surface area contributed by atoms with Crippen LogP contribution in [-0.4, -0.2) is 32.8 Å². The first-order valence-corrected chi connectivity index (χ1v) is 6.33. The van der Waals surface area contributed by atoms with Gasteiger partial charge in [0.05, 0.1) is 19.0 Å². The smallest absolute Gasteiger partial charge is 0.354 e. The lowest BCUT2D eigenvalue weighted by molar-refractivity contribution is 0.0687. The van der Waals surface area contributed by atoms with E-state index in [1.54, 1.807) is 13.3 Å². The summed E-state index contributed by atoms with van der Waals surface area (Å²) in [6, 6.07) is 8.82. The Morgan fingerprint density at radius 1 is 1.29 bits per heavy atom. The molecule has 3 aromatic rings. The summed E-state index contributed by atoms with van der Waals surface area (Å²) in [6.45, 7) is 1.85. The van der Waals surface area contributed by atoms with Crippen LogP contribution in [0.1, 0.15) is 16.1 Å². The predicted octanol–water partition coefficient (Wildman–Crippen LogP) is 2.41. The Bertz CT molecular complexity index is 822. The third kappa shape index (κ3) is 2.20. The van der Waals surface area contributed by atoms with E-state index in [-0.39, 0.29) is 5.69 Å². The van der Waals surface area contributed by atoms with Crippen molar-refractivity contribution in [3.63, 3.8) is 0 Å². The fraction of sp³-hybridized carbons (Fsp3) is 0.133. The Morgan fingerprint density at radius 3 is 2.62 bits per heavy atom. The summed E-state index contributed by atoms with van der Waals surface area (Å²) >= 11 is 0. The van der Waals surface area contributed by atoms with E-state index in [1.165, 1.54) is 10.6 Å². The van der Waals surface area contributed by atoms with E-state index in [4.69, 9.17) is 4.74 Å². The zero-order valence-corrected chi connectivity index (χ0v) is 11.6. The first-order valence-electron chi connectivity index (χ1n) is 6.33. The molecule has 0 unspecified atom stereocenters. The monoisotopic (exact) mass is 283 g/mol. The number of ether oxygens (including phenoxy) is 1. The molecule has 1 N–H and O–H groups in total. The van der Waals surface area contributed by atoms with Crippen LogP contribution >= 0.6 is 0 Å². The normalized spacial score (nSPS) is 10.8. The molecular formula is C15H13N3O3. The standard InChI is InChI=1S/C15H13N3O3/c1-9-8-16-18-13(15(19)20)7-12(17-14(9)18)10-3-5-11(21-2)6-4-10/h3-8H,1-2H3,(H,19,20). The summed E-state index contributed by atoms with van der Waals surface area (Å²) in [5.41, 5.74) is 2.86. The number of aromatic carboxylic acids is 1. The summed E-state index contributed by atoms with van der Waals surface area (Å²) < 4.78 is 6.45. The highest BCUT2D eigenvalue weighted by atomic mass is 16.5. The van der Waals surface area contributed by atoms with Gasteiger partial charge >= 0.3 is 5.97 Å². The van der Waals surface area contributed by atoms with Crippen LogP contribution in [0.3, 0.4) is 0 Å². The Kier molecular flexibility index (Phi) is 3.06. The molecule has 0 radical (unpaired) electrons. The SMILES string of the molecule is COc1ccc(-c2cc(C(=O)O)n3ncc(C)c3n2)cc1. The molecule has 1 aromatic carbocycles. The molecule has 6 nitrogen and oxygen atoms in total. The molecule has 3 rings (SSSR count). The first kappa shape index (κ1) is 13.1. The van der Waals surface area contributed by atoms with Gasteiger partial charge in [0.25, 0.3) is 0 Å². The van der Waals surface area contributed by atoms with Crippen molar-refractivity contribution in [1.82, 2.24) is 14.6 Å². The Balaban J connectivity index is 2.22. The topological polar surface area (TPSA) is 76.7 Å². The molecule has 0 bridgehead atoms. The maximum absolute atomic E-state index is 11.4. The second-order valence-corrected chi connectivity index (χ2v) is 4.62. The highest BCUT2D eigenvalue weighted by Gasteiger charge is 2.15. The van der Waals surface area contributed by atoms with Gasteiger partial charge in [-0.15, -0.1) is 0 Å². The molecule has 106 valence electrons. The molecule has 2 heterocycles. The van der Waals surface area contributed by atoms with E-state index in [1.807, 2.05) is 31.2 Å². The number of fused-ring (bicyclic) bond motifs is 1. The number of carbonyl (C=O) groups is 1. The van der Waals surface area contributed by atoms with Crippen molar-refractivity contribution in [1.29, 1.82) is 0 Å². The van der Waals surface area contributed by atoms with Gasteiger partial charge in [0, 0.05) is 11.1 Å². The van der Waals surface area contributed by atoms with Gasteiger partial charge < -0.3 is 9.84 Å². The van der Waals surface area contributed by atoms with Crippen molar-refractivity contribution >= 4 is 11.6 Å². The van der Waals surface area contributed by atoms with E-state index < -0.39 is 5.97 Å². The maximum Gasteiger partial charge on any atom is 0.354 e. The third-order valence-electron chi connectivity index (χ3n) is 3.25. The molecular weight excluding hydrogens is 270 g/mol. The summed E-state index contributed by atoms with van der Waals surface area (Å²) in [7, 11) is 1.59. The van der Waals surface area contributed by atoms with Crippen LogP contribution in [0.25, 0.3) is 16.9 Å². The quantitative estimate of drug-likeness (QED) is 0.798. The van der Waals surface area contributed by atoms with Crippen molar-refractivity contribution in [2.24, 2.45) is 0 Å². The van der Waals surface area contributed by atoms with E-state index in [0.29, 0.717) is 11.3 Å². The number of rotatable bonds is 3. The molecule has 0 fully saturated rings. The molecule has 0 atom stereocenters. The van der Waals surface area contributed by atoms with E-state index in [0.717, 1.165) is 16.9 Å². The van der Waals surface area contributed by atoms with Gasteiger partial charge in [-0.1, -0.05) is 0 Å². The van der Waals surface area contributed by atoms with E-state index in [2.05, 4.69) is 10.1 Å². The average Bonchev–Trinajstić information content (AvgIpc) is 2.88. The van der Waals surface area contributed by atoms with Crippen molar-refractivity contribution in [3.05, 3.63) is 47.8 Å². The van der Waals surface area contributed by atoms with Crippen LogP contribution in [0, 0.1) is 6.92 Å². The molecule has 0 aliphatic heterocycles. The fourth-order valence-electron chi connectivity index (χ4n) is 2.13. The third-order valence-corrected chi connectivity index (χ3v) is 3.25. The summed E-state index contributed by atoms with van der Waals surface area (Å²) in [5, 5.41) is 13.4. The van der Waals surface area contributed by atoms with Crippen molar-refractivity contribution < 1.29 is 14.6 Å². The van der Waals surface area contributed by atoms with Gasteiger partial charge in [-0.2, -0.15) is 5.10 Å². The van der Waals surface area contributed by atoms with Crippen LogP contribution in [0.2, 0.25) is 0 Å². The minimum Gasteiger partial charge on any atom is -0.497 e. The molecule has 0 saturated carbocycles. The second-order valence-electron chi connectivity index (χ2n) is 4.62. The number of hydrogen-bond acceptors (Lipinski definition) is 4. The molecule has 0 amide bonds. The summed E-state index contributed by atoms with van der Waals surface area (Å²) in [6.07, 6.45) is 1.60. The average molecular weight is 283 g/mol. The van der Waals surface area contributed by atoms with Gasteiger partial charge in [-0.05, 0) is 37.3 Å². The van der Waals surface area contributed by atoms with Gasteiger partial charge in [-0.25, -0.2) is 14.3 Å². The van der Waals surface area contributed by atoms with Crippen molar-refractivity contribution in [2.75, 3.05) is 7.11 Å². The molecule has 0 spiro atoms. The second kappa shape index (κ2) is 4.90. The number of carboxylic acid groups (broad SMARTS) is 1. The highest BCUT2D eigenvalue weighted by molar-refractivity contribution is 5.88. The molecule has 0 aliphatic rings. The van der Waals surface area contributed by atoms with Crippen molar-refractivity contribution in [2.45, 2.75) is 6.92 Å². The number of nitrogens with zero attached hydrogens (tertiary/aromatic N) is 3. The Morgan fingerprint density at radius 2 is 2.00 bits per heavy atom. The van der Waals surface area contributed by atoms with Crippen LogP contribution in [0.15, 0.2) is 36.5 Å². The first-order chi connectivity index (χ1) is 10.1. The number of benzene rings is 1. The van der Waals surface area contributed by atoms with Gasteiger partial charge in [0.2, 0.25) is 0 Å². The number of aromatic nitrogens is 3. The molecule has 0 saturated heterocycles. The Labute approximate surface area is 120 Å². The number of hydrogen-bond donors (Lipinski definition) is 1. The number of aryl methyl sites for hydroxylation is 1. The van der Waals surface area contributed by atoms with Crippen LogP contribution in [0.5, 0.6) is 5.75 Å². The van der Waals surface area contributed by atoms with Crippen LogP contribution < -0.4 is 4.74 Å². The zero-order chi connectivity index (χ0) is 15.0. The van der Waals surface area contributed by atoms with E-state index in [9.17, 15) is 9.90 Å². The van der Waals surface area contributed by atoms with Gasteiger partial charge in [-0.3, -0.25) is 0 Å². The number of methoxy groups -OCH3 is 1. The lowest BCUT2D eigenvalue weighted by Crippen LogP contribution is -2.08. The minimum atomic E-state index is -1.04. The molecule has 0 aliphatic carbocycles. The van der Waals surface area contributed by atoms with Crippen LogP contribution in [-0.2, 0) is 0 Å². The lowest BCUT2D eigenvalue weighted by atomic mass is 10.1. The molecule has 6 heteroatoms. The minimum absolute atomic E-state index is 0.0823. The van der Waals surface area contributed by atoms with Gasteiger partial charge in [0.1, 0.15) is 5.75 Å². The zero-order valence-electron chi connectivity index (χ0n) is 11.6. The van der Waals surface area contributed by atoms with Crippen LogP contribution in [0.4, 0.5) is 0 Å². The predicted molar refractivity (Wildman–Crippen MR) is 76.7 cm³/mol. The summed E-state index contributed by atoms with van der Waals surface area (Å²) in [5.74, 6) is -0.306. The van der Waals surface area contributed by atoms with Crippen molar-refractivity contribution in [3.8, 4) is 17.0 Å². The highest BCUT2D eigenvalue weighted by Crippen LogP contribution is 2.23. The molecule has 21 heavy (non-hydrogen) atoms. The maximum atomic E-state index is 11.4. The number of carboxylic acids is 1. The largest absolute Gasteiger partial charge is 0.497 e. The summed E-state index contributed by atoms with van der Waals surface area (Å²) in [4.78, 5) is 15.9. The van der Waals surface area contributed by atoms with Gasteiger partial charge in [0.15, 0.2) is 11.3 Å². The fourth-order valence-corrected chi connectivity index (χ4v) is 2.13. The lowest BCUT2D eigenvalue weighted by Gasteiger charge is -2.06. The Hall–Kier alpha value is -2.89.